The molecule has 3 aromatic carbocycles. The summed E-state index contributed by atoms with van der Waals surface area (Å²) in [5, 5.41) is 17.2. The molecule has 0 saturated carbocycles. The van der Waals surface area contributed by atoms with Crippen LogP contribution in [0.4, 0.5) is 21.6 Å². The lowest BCUT2D eigenvalue weighted by atomic mass is 10.2. The minimum Gasteiger partial charge on any atom is -0.379 e. The van der Waals surface area contributed by atoms with Crippen LogP contribution in [0.25, 0.3) is 5.69 Å². The molecular weight excluding hydrogens is 532 g/mol. The van der Waals surface area contributed by atoms with Crippen molar-refractivity contribution in [2.45, 2.75) is 6.92 Å². The lowest BCUT2D eigenvalue weighted by Crippen LogP contribution is -2.45. The van der Waals surface area contributed by atoms with Gasteiger partial charge in [-0.15, -0.1) is 0 Å². The molecule has 10 nitrogen and oxygen atoms in total. The predicted molar refractivity (Wildman–Crippen MR) is 153 cm³/mol. The summed E-state index contributed by atoms with van der Waals surface area (Å²) in [6.45, 7) is 4.29. The molecule has 4 aromatic rings. The molecule has 40 heavy (non-hydrogen) atoms. The van der Waals surface area contributed by atoms with Gasteiger partial charge >= 0.3 is 0 Å². The lowest BCUT2D eigenvalue weighted by molar-refractivity contribution is -0.384. The number of aromatic nitrogens is 2. The van der Waals surface area contributed by atoms with Gasteiger partial charge in [0.25, 0.3) is 5.69 Å². The average Bonchev–Trinajstić information content (AvgIpc) is 3.32. The largest absolute Gasteiger partial charge is 0.379 e. The minimum atomic E-state index is -2.84. The van der Waals surface area contributed by atoms with Crippen molar-refractivity contribution in [2.75, 3.05) is 33.4 Å². The Morgan fingerprint density at radius 3 is 2.33 bits per heavy atom. The van der Waals surface area contributed by atoms with Gasteiger partial charge in [0.1, 0.15) is 11.7 Å². The summed E-state index contributed by atoms with van der Waals surface area (Å²) in [4.78, 5) is 16.0. The number of para-hydroxylation sites is 1. The minimum absolute atomic E-state index is 0.00275. The Morgan fingerprint density at radius 2 is 1.68 bits per heavy atom. The Labute approximate surface area is 230 Å². The summed E-state index contributed by atoms with van der Waals surface area (Å²) >= 11 is 0. The second-order valence-corrected chi connectivity index (χ2v) is 12.4. The molecule has 0 spiro atoms. The number of nitro groups is 1. The number of nitro benzene ring substituents is 1. The predicted octanol–water partition coefficient (Wildman–Crippen LogP) is 5.57. The molecule has 1 fully saturated rings. The van der Waals surface area contributed by atoms with Gasteiger partial charge in [0.15, 0.2) is 13.2 Å². The van der Waals surface area contributed by atoms with E-state index in [-0.39, 0.29) is 11.5 Å². The first kappa shape index (κ1) is 26.1. The van der Waals surface area contributed by atoms with Gasteiger partial charge in [-0.05, 0) is 55.5 Å². The topological polar surface area (TPSA) is 101 Å². The van der Waals surface area contributed by atoms with Crippen molar-refractivity contribution in [3.63, 3.8) is 0 Å². The maximum Gasteiger partial charge on any atom is 0.269 e. The van der Waals surface area contributed by atoms with E-state index in [1.165, 1.54) is 24.3 Å². The first-order valence-electron chi connectivity index (χ1n) is 12.8. The molecule has 0 N–H and O–H groups in total. The van der Waals surface area contributed by atoms with E-state index in [1.54, 1.807) is 24.3 Å². The Morgan fingerprint density at radius 1 is 1.00 bits per heavy atom. The van der Waals surface area contributed by atoms with Gasteiger partial charge < -0.3 is 9.41 Å². The van der Waals surface area contributed by atoms with Crippen LogP contribution >= 0.6 is 7.36 Å². The van der Waals surface area contributed by atoms with Crippen LogP contribution in [0.3, 0.4) is 0 Å². The molecule has 0 bridgehead atoms. The molecule has 12 heteroatoms. The fourth-order valence-corrected chi connectivity index (χ4v) is 8.97. The van der Waals surface area contributed by atoms with Crippen LogP contribution in [-0.4, -0.2) is 63.2 Å². The van der Waals surface area contributed by atoms with Crippen LogP contribution in [0.15, 0.2) is 88.6 Å². The molecule has 1 aromatic heterocycles. The fourth-order valence-electron chi connectivity index (χ4n) is 5.16. The first-order valence-corrected chi connectivity index (χ1v) is 14.5. The molecule has 1 saturated heterocycles. The van der Waals surface area contributed by atoms with Crippen LogP contribution in [0.1, 0.15) is 11.3 Å². The number of halogens is 1. The zero-order valence-corrected chi connectivity index (χ0v) is 22.9. The molecule has 204 valence electrons. The monoisotopic (exact) mass is 559 g/mol. The van der Waals surface area contributed by atoms with Gasteiger partial charge in [-0.1, -0.05) is 18.2 Å². The van der Waals surface area contributed by atoms with E-state index < -0.39 is 12.3 Å². The maximum atomic E-state index is 13.9. The van der Waals surface area contributed by atoms with E-state index >= 15 is 0 Å². The highest BCUT2D eigenvalue weighted by atomic mass is 31.2. The number of nitrogens with zero attached hydrogens (tertiary/aromatic N) is 7. The van der Waals surface area contributed by atoms with Crippen molar-refractivity contribution >= 4 is 35.7 Å². The molecule has 3 heterocycles. The number of hydrogen-bond acceptors (Lipinski definition) is 6. The molecular formula is C28H27FN7O3P. The summed E-state index contributed by atoms with van der Waals surface area (Å²) in [5.41, 5.74) is 2.99. The third-order valence-corrected chi connectivity index (χ3v) is 10.9. The summed E-state index contributed by atoms with van der Waals surface area (Å²) in [5.74, 6) is 0.958. The van der Waals surface area contributed by atoms with E-state index in [1.807, 2.05) is 49.0 Å². The fraction of sp³-hybridized carbons (Fsp3) is 0.214. The number of benzene rings is 3. The normalized spacial score (nSPS) is 19.2. The summed E-state index contributed by atoms with van der Waals surface area (Å²) in [6, 6.07) is 22.3. The van der Waals surface area contributed by atoms with Gasteiger partial charge in [0, 0.05) is 37.8 Å². The summed E-state index contributed by atoms with van der Waals surface area (Å²) in [6.07, 6.45) is 0. The highest BCUT2D eigenvalue weighted by Gasteiger charge is 2.45. The zero-order valence-electron chi connectivity index (χ0n) is 22.0. The van der Waals surface area contributed by atoms with Crippen LogP contribution < -0.4 is 5.30 Å². The third-order valence-electron chi connectivity index (χ3n) is 7.04. The highest BCUT2D eigenvalue weighted by Crippen LogP contribution is 2.61. The lowest BCUT2D eigenvalue weighted by Gasteiger charge is -2.46. The van der Waals surface area contributed by atoms with Crippen molar-refractivity contribution in [1.29, 1.82) is 0 Å². The van der Waals surface area contributed by atoms with E-state index in [9.17, 15) is 14.5 Å². The van der Waals surface area contributed by atoms with Crippen molar-refractivity contribution < 1.29 is 14.1 Å². The van der Waals surface area contributed by atoms with E-state index in [0.717, 1.165) is 22.2 Å². The number of morpholine rings is 1. The van der Waals surface area contributed by atoms with Gasteiger partial charge in [-0.25, -0.2) is 23.5 Å². The molecule has 2 aliphatic rings. The Balaban J connectivity index is 1.68. The molecule has 0 amide bonds. The van der Waals surface area contributed by atoms with Crippen molar-refractivity contribution in [1.82, 2.24) is 19.1 Å². The number of fused-ring (bicyclic) bond motifs is 1. The number of amidine groups is 1. The van der Waals surface area contributed by atoms with Crippen molar-refractivity contribution in [3.8, 4) is 5.69 Å². The molecule has 0 unspecified atom stereocenters. The number of ether oxygens (including phenoxy) is 1. The smallest absolute Gasteiger partial charge is 0.269 e. The van der Waals surface area contributed by atoms with Crippen LogP contribution in [0.5, 0.6) is 0 Å². The van der Waals surface area contributed by atoms with Gasteiger partial charge in [0.05, 0.1) is 40.5 Å². The number of non-ortho nitro benzene ring substituents is 1. The molecule has 1 atom stereocenters. The average molecular weight is 560 g/mol. The van der Waals surface area contributed by atoms with Gasteiger partial charge in [0.2, 0.25) is 0 Å². The molecule has 0 aliphatic carbocycles. The summed E-state index contributed by atoms with van der Waals surface area (Å²) in [7, 11) is -0.883. The second-order valence-electron chi connectivity index (χ2n) is 9.48. The van der Waals surface area contributed by atoms with Crippen LogP contribution in [-0.2, 0) is 4.74 Å². The molecule has 2 aliphatic heterocycles. The SMILES string of the molecule is Cc1nn(-c2ccccc2)c2c1[P@@](=Nc1ccc([N+](=O)[O-])cc1)(N1CCOCC1)N(C)C(c1ccc(F)cc1)=N2. The highest BCUT2D eigenvalue weighted by molar-refractivity contribution is 7.70. The van der Waals surface area contributed by atoms with Crippen molar-refractivity contribution in [2.24, 2.45) is 9.74 Å². The van der Waals surface area contributed by atoms with Gasteiger partial charge in [-0.3, -0.25) is 10.1 Å². The number of aliphatic imine (C=N–C) groups is 1. The van der Waals surface area contributed by atoms with Crippen LogP contribution in [0, 0.1) is 22.9 Å². The zero-order chi connectivity index (χ0) is 27.9. The molecule has 0 radical (unpaired) electrons. The number of aryl methyl sites for hydroxylation is 1. The second kappa shape index (κ2) is 10.4. The van der Waals surface area contributed by atoms with Gasteiger partial charge in [-0.2, -0.15) is 5.10 Å². The maximum absolute atomic E-state index is 13.9. The number of hydrogen-bond donors (Lipinski definition) is 0. The number of rotatable bonds is 5. The standard InChI is InChI=1S/C28H27FN7O3P/c1-20-26-28(35(31-20)24-6-4-3-5-7-24)30-27(21-8-10-22(29)11-9-21)33(2)40(26,34-16-18-39-19-17-34)32-23-12-14-25(15-13-23)36(37)38/h3-15H,16-19H2,1-2H3/t40-/m0/s1. The Hall–Kier alpha value is -4.18. The Bertz CT molecular complexity index is 1650. The summed E-state index contributed by atoms with van der Waals surface area (Å²) < 4.78 is 31.4. The van der Waals surface area contributed by atoms with Crippen LogP contribution in [0.2, 0.25) is 0 Å². The van der Waals surface area contributed by atoms with Crippen molar-refractivity contribution in [3.05, 3.63) is 106 Å². The van der Waals surface area contributed by atoms with E-state index in [4.69, 9.17) is 19.6 Å². The van der Waals surface area contributed by atoms with E-state index in [0.29, 0.717) is 43.6 Å². The van der Waals surface area contributed by atoms with E-state index in [2.05, 4.69) is 9.34 Å². The molecule has 6 rings (SSSR count). The third kappa shape index (κ3) is 4.42. The first-order chi connectivity index (χ1) is 19.4. The quantitative estimate of drug-likeness (QED) is 0.180. The Kier molecular flexibility index (Phi) is 6.79.